The summed E-state index contributed by atoms with van der Waals surface area (Å²) in [5.41, 5.74) is 3.48. The van der Waals surface area contributed by atoms with Gasteiger partial charge in [0.15, 0.2) is 4.34 Å². The normalized spacial score (nSPS) is 10.9. The van der Waals surface area contributed by atoms with Crippen molar-refractivity contribution in [2.24, 2.45) is 0 Å². The summed E-state index contributed by atoms with van der Waals surface area (Å²) in [6.45, 7) is 4.14. The third-order valence-electron chi connectivity index (χ3n) is 3.74. The highest BCUT2D eigenvalue weighted by Gasteiger charge is 2.10. The Kier molecular flexibility index (Phi) is 5.53. The van der Waals surface area contributed by atoms with E-state index in [0.29, 0.717) is 5.56 Å². The first-order chi connectivity index (χ1) is 11.7. The Morgan fingerprint density at radius 2 is 2.08 bits per heavy atom. The number of benzene rings is 2. The van der Waals surface area contributed by atoms with Crippen molar-refractivity contribution in [3.63, 3.8) is 0 Å². The molecule has 3 rings (SSSR count). The van der Waals surface area contributed by atoms with Gasteiger partial charge >= 0.3 is 0 Å². The Hall–Kier alpha value is -1.85. The number of thioether (sulfide) groups is 1. The van der Waals surface area contributed by atoms with Crippen LogP contribution >= 0.6 is 23.1 Å². The number of hydrogen-bond acceptors (Lipinski definition) is 4. The van der Waals surface area contributed by atoms with Gasteiger partial charge in [0.05, 0.1) is 10.2 Å². The van der Waals surface area contributed by atoms with Crippen molar-refractivity contribution in [1.82, 2.24) is 4.98 Å². The number of carbonyl (C=O) groups is 1. The Morgan fingerprint density at radius 3 is 2.88 bits per heavy atom. The van der Waals surface area contributed by atoms with Gasteiger partial charge < -0.3 is 5.32 Å². The zero-order valence-electron chi connectivity index (χ0n) is 13.8. The van der Waals surface area contributed by atoms with Crippen LogP contribution in [-0.4, -0.2) is 16.6 Å². The summed E-state index contributed by atoms with van der Waals surface area (Å²) in [7, 11) is 0. The highest BCUT2D eigenvalue weighted by molar-refractivity contribution is 8.01. The lowest BCUT2D eigenvalue weighted by Crippen LogP contribution is -2.13. The predicted octanol–water partition coefficient (Wildman–Crippen LogP) is 5.75. The minimum absolute atomic E-state index is 0.0745. The summed E-state index contributed by atoms with van der Waals surface area (Å²) in [6, 6.07) is 13.5. The number of aromatic nitrogens is 1. The fourth-order valence-electron chi connectivity index (χ4n) is 2.37. The summed E-state index contributed by atoms with van der Waals surface area (Å²) in [5.74, 6) is 1.03. The summed E-state index contributed by atoms with van der Waals surface area (Å²) in [4.78, 5) is 17.1. The van der Waals surface area contributed by atoms with Crippen LogP contribution < -0.4 is 5.32 Å². The molecule has 1 aromatic heterocycles. The second-order valence-electron chi connectivity index (χ2n) is 5.63. The highest BCUT2D eigenvalue weighted by Crippen LogP contribution is 2.31. The first-order valence-corrected chi connectivity index (χ1v) is 9.88. The summed E-state index contributed by atoms with van der Waals surface area (Å²) in [6.07, 6.45) is 2.41. The van der Waals surface area contributed by atoms with Gasteiger partial charge in [-0.2, -0.15) is 0 Å². The maximum absolute atomic E-state index is 12.4. The van der Waals surface area contributed by atoms with Gasteiger partial charge in [-0.05, 0) is 43.2 Å². The summed E-state index contributed by atoms with van der Waals surface area (Å²) in [5, 5.41) is 2.99. The number of carbonyl (C=O) groups excluding carboxylic acids is 1. The maximum Gasteiger partial charge on any atom is 0.255 e. The quantitative estimate of drug-likeness (QED) is 0.452. The predicted molar refractivity (Wildman–Crippen MR) is 104 cm³/mol. The van der Waals surface area contributed by atoms with E-state index in [4.69, 9.17) is 0 Å². The number of rotatable bonds is 6. The molecule has 0 aliphatic carbocycles. The van der Waals surface area contributed by atoms with Crippen molar-refractivity contribution in [2.75, 3.05) is 11.1 Å². The van der Waals surface area contributed by atoms with Crippen molar-refractivity contribution >= 4 is 44.9 Å². The van der Waals surface area contributed by atoms with E-state index in [0.717, 1.165) is 31.6 Å². The van der Waals surface area contributed by atoms with Crippen LogP contribution in [0.15, 0.2) is 46.8 Å². The lowest BCUT2D eigenvalue weighted by atomic mass is 10.1. The number of unbranched alkanes of at least 4 members (excludes halogenated alkanes) is 1. The molecule has 0 fully saturated rings. The molecule has 3 aromatic rings. The molecular formula is C19H20N2OS2. The molecule has 3 nitrogen and oxygen atoms in total. The fourth-order valence-corrected chi connectivity index (χ4v) is 4.63. The zero-order chi connectivity index (χ0) is 16.9. The van der Waals surface area contributed by atoms with Gasteiger partial charge in [-0.15, -0.1) is 11.3 Å². The van der Waals surface area contributed by atoms with E-state index in [1.165, 1.54) is 12.8 Å². The molecule has 0 radical (unpaired) electrons. The minimum Gasteiger partial charge on any atom is -0.322 e. The van der Waals surface area contributed by atoms with Crippen molar-refractivity contribution in [2.45, 2.75) is 31.0 Å². The maximum atomic E-state index is 12.4. The number of amides is 1. The molecule has 2 aromatic carbocycles. The molecule has 24 heavy (non-hydrogen) atoms. The first kappa shape index (κ1) is 17.0. The number of nitrogens with zero attached hydrogens (tertiary/aromatic N) is 1. The Bertz CT molecular complexity index is 857. The standard InChI is InChI=1S/C19H20N2OS2/c1-3-4-11-23-19-21-16-10-9-14(12-17(16)24-19)20-18(22)15-8-6-5-7-13(15)2/h5-10,12H,3-4,11H2,1-2H3,(H,20,22). The molecule has 124 valence electrons. The molecule has 1 heterocycles. The molecule has 1 amide bonds. The van der Waals surface area contributed by atoms with Gasteiger partial charge in [0.2, 0.25) is 0 Å². The summed E-state index contributed by atoms with van der Waals surface area (Å²) < 4.78 is 2.21. The average molecular weight is 357 g/mol. The van der Waals surface area contributed by atoms with Crippen molar-refractivity contribution in [3.8, 4) is 0 Å². The molecule has 0 aliphatic heterocycles. The van der Waals surface area contributed by atoms with E-state index < -0.39 is 0 Å². The van der Waals surface area contributed by atoms with Gasteiger partial charge in [-0.3, -0.25) is 4.79 Å². The second-order valence-corrected chi connectivity index (χ2v) is 8.01. The van der Waals surface area contributed by atoms with Gasteiger partial charge in [-0.25, -0.2) is 4.98 Å². The monoisotopic (exact) mass is 356 g/mol. The van der Waals surface area contributed by atoms with Crippen LogP contribution in [0, 0.1) is 6.92 Å². The lowest BCUT2D eigenvalue weighted by Gasteiger charge is -2.07. The van der Waals surface area contributed by atoms with Crippen molar-refractivity contribution in [1.29, 1.82) is 0 Å². The van der Waals surface area contributed by atoms with Gasteiger partial charge in [-0.1, -0.05) is 43.3 Å². The van der Waals surface area contributed by atoms with Crippen molar-refractivity contribution in [3.05, 3.63) is 53.6 Å². The van der Waals surface area contributed by atoms with Crippen LogP contribution in [0.3, 0.4) is 0 Å². The van der Waals surface area contributed by atoms with E-state index in [1.807, 2.05) is 61.2 Å². The van der Waals surface area contributed by atoms with Crippen LogP contribution in [0.25, 0.3) is 10.2 Å². The van der Waals surface area contributed by atoms with E-state index >= 15 is 0 Å². The molecule has 0 bridgehead atoms. The highest BCUT2D eigenvalue weighted by atomic mass is 32.2. The SMILES string of the molecule is CCCCSc1nc2ccc(NC(=O)c3ccccc3C)cc2s1. The molecule has 0 aliphatic rings. The number of fused-ring (bicyclic) bond motifs is 1. The van der Waals surface area contributed by atoms with Crippen molar-refractivity contribution < 1.29 is 4.79 Å². The average Bonchev–Trinajstić information content (AvgIpc) is 2.97. The molecular weight excluding hydrogens is 336 g/mol. The fraction of sp³-hybridized carbons (Fsp3) is 0.263. The third-order valence-corrected chi connectivity index (χ3v) is 5.99. The van der Waals surface area contributed by atoms with Crippen LogP contribution in [0.2, 0.25) is 0 Å². The molecule has 5 heteroatoms. The van der Waals surface area contributed by atoms with E-state index in [2.05, 4.69) is 17.2 Å². The smallest absolute Gasteiger partial charge is 0.255 e. The second kappa shape index (κ2) is 7.81. The number of thiazole rings is 1. The molecule has 0 saturated heterocycles. The molecule has 0 atom stereocenters. The molecule has 1 N–H and O–H groups in total. The molecule has 0 spiro atoms. The van der Waals surface area contributed by atoms with Crippen LogP contribution in [0.4, 0.5) is 5.69 Å². The lowest BCUT2D eigenvalue weighted by molar-refractivity contribution is 0.102. The Morgan fingerprint density at radius 1 is 1.25 bits per heavy atom. The van der Waals surface area contributed by atoms with Gasteiger partial charge in [0.25, 0.3) is 5.91 Å². The number of hydrogen-bond donors (Lipinski definition) is 1. The van der Waals surface area contributed by atoms with E-state index in [9.17, 15) is 4.79 Å². The number of aryl methyl sites for hydroxylation is 1. The van der Waals surface area contributed by atoms with Gasteiger partial charge in [0.1, 0.15) is 0 Å². The summed E-state index contributed by atoms with van der Waals surface area (Å²) >= 11 is 3.50. The topological polar surface area (TPSA) is 42.0 Å². The Balaban J connectivity index is 1.75. The first-order valence-electron chi connectivity index (χ1n) is 8.07. The number of nitrogens with one attached hydrogen (secondary N) is 1. The van der Waals surface area contributed by atoms with Crippen LogP contribution in [-0.2, 0) is 0 Å². The van der Waals surface area contributed by atoms with Crippen LogP contribution in [0.1, 0.15) is 35.7 Å². The van der Waals surface area contributed by atoms with E-state index in [-0.39, 0.29) is 5.91 Å². The minimum atomic E-state index is -0.0745. The van der Waals surface area contributed by atoms with E-state index in [1.54, 1.807) is 11.3 Å². The Labute approximate surface area is 150 Å². The van der Waals surface area contributed by atoms with Crippen LogP contribution in [0.5, 0.6) is 0 Å². The molecule has 0 saturated carbocycles. The third kappa shape index (κ3) is 3.97. The number of anilines is 1. The molecule has 0 unspecified atom stereocenters. The van der Waals surface area contributed by atoms with Gasteiger partial charge in [0, 0.05) is 17.0 Å². The zero-order valence-corrected chi connectivity index (χ0v) is 15.5. The largest absolute Gasteiger partial charge is 0.322 e.